The second-order valence-electron chi connectivity index (χ2n) is 9.41. The SMILES string of the molecule is CCCCCCOc1cc(-c2ccc(O)c(=O)cc2)c(OCCCCCC)cc1-c1ccc(O)c(=O)cc1. The maximum Gasteiger partial charge on any atom is 0.220 e. The van der Waals surface area contributed by atoms with Gasteiger partial charge in [0.2, 0.25) is 10.9 Å². The van der Waals surface area contributed by atoms with Gasteiger partial charge in [-0.3, -0.25) is 9.59 Å². The Morgan fingerprint density at radius 1 is 0.553 bits per heavy atom. The molecule has 38 heavy (non-hydrogen) atoms. The topological polar surface area (TPSA) is 93.1 Å². The fourth-order valence-corrected chi connectivity index (χ4v) is 4.15. The molecule has 3 aromatic carbocycles. The van der Waals surface area contributed by atoms with Gasteiger partial charge < -0.3 is 19.7 Å². The average Bonchev–Trinajstić information content (AvgIpc) is 3.19. The molecule has 0 radical (unpaired) electrons. The first kappa shape index (κ1) is 28.8. The van der Waals surface area contributed by atoms with E-state index in [-0.39, 0.29) is 11.5 Å². The molecule has 3 rings (SSSR count). The van der Waals surface area contributed by atoms with Gasteiger partial charge in [-0.1, -0.05) is 76.6 Å². The molecule has 6 heteroatoms. The highest BCUT2D eigenvalue weighted by Gasteiger charge is 2.16. The molecule has 0 bridgehead atoms. The molecule has 0 aliphatic rings. The van der Waals surface area contributed by atoms with Gasteiger partial charge in [-0.05, 0) is 60.4 Å². The maximum absolute atomic E-state index is 12.0. The first-order chi connectivity index (χ1) is 18.4. The summed E-state index contributed by atoms with van der Waals surface area (Å²) >= 11 is 0. The Kier molecular flexibility index (Phi) is 11.2. The van der Waals surface area contributed by atoms with Crippen molar-refractivity contribution in [3.63, 3.8) is 0 Å². The number of aromatic hydroxyl groups is 2. The van der Waals surface area contributed by atoms with Crippen LogP contribution in [0.2, 0.25) is 0 Å². The fourth-order valence-electron chi connectivity index (χ4n) is 4.15. The van der Waals surface area contributed by atoms with E-state index in [0.717, 1.165) is 62.5 Å². The van der Waals surface area contributed by atoms with Gasteiger partial charge in [0.25, 0.3) is 0 Å². The van der Waals surface area contributed by atoms with E-state index >= 15 is 0 Å². The van der Waals surface area contributed by atoms with E-state index in [4.69, 9.17) is 9.47 Å². The van der Waals surface area contributed by atoms with Crippen molar-refractivity contribution >= 4 is 0 Å². The van der Waals surface area contributed by atoms with Crippen LogP contribution in [0.3, 0.4) is 0 Å². The summed E-state index contributed by atoms with van der Waals surface area (Å²) < 4.78 is 12.5. The molecule has 0 fully saturated rings. The minimum atomic E-state index is -0.465. The second kappa shape index (κ2) is 14.8. The summed E-state index contributed by atoms with van der Waals surface area (Å²) in [5.74, 6) is 0.553. The number of rotatable bonds is 14. The van der Waals surface area contributed by atoms with Gasteiger partial charge in [0.05, 0.1) is 13.2 Å². The van der Waals surface area contributed by atoms with E-state index in [0.29, 0.717) is 35.8 Å². The van der Waals surface area contributed by atoms with E-state index in [2.05, 4.69) is 13.8 Å². The van der Waals surface area contributed by atoms with Gasteiger partial charge >= 0.3 is 0 Å². The lowest BCUT2D eigenvalue weighted by Gasteiger charge is -2.18. The van der Waals surface area contributed by atoms with E-state index in [1.807, 2.05) is 12.1 Å². The number of unbranched alkanes of at least 4 members (excludes halogenated alkanes) is 6. The zero-order valence-electron chi connectivity index (χ0n) is 22.4. The second-order valence-corrected chi connectivity index (χ2v) is 9.41. The molecule has 2 N–H and O–H groups in total. The standard InChI is InChI=1S/C32H38O6/c1-3-5-7-9-19-37-31-21-26(24-13-17-29(35)30(36)18-14-24)32(38-20-10-8-6-4-2)22-25(31)23-11-15-27(33)28(34)16-12-23/h11-18,21-22H,3-10,19-20H2,1-2H3,(H,33,34)(H,35,36). The predicted octanol–water partition coefficient (Wildman–Crippen LogP) is 7.07. The lowest BCUT2D eigenvalue weighted by molar-refractivity contribution is 0.299. The van der Waals surface area contributed by atoms with Crippen molar-refractivity contribution in [3.8, 4) is 45.3 Å². The summed E-state index contributed by atoms with van der Waals surface area (Å²) in [4.78, 5) is 24.1. The van der Waals surface area contributed by atoms with Crippen LogP contribution in [-0.2, 0) is 0 Å². The molecule has 0 saturated heterocycles. The third kappa shape index (κ3) is 8.10. The first-order valence-corrected chi connectivity index (χ1v) is 13.6. The highest BCUT2D eigenvalue weighted by molar-refractivity contribution is 5.81. The Morgan fingerprint density at radius 3 is 1.34 bits per heavy atom. The van der Waals surface area contributed by atoms with Gasteiger partial charge in [-0.25, -0.2) is 0 Å². The van der Waals surface area contributed by atoms with Crippen LogP contribution in [0.5, 0.6) is 23.0 Å². The largest absolute Gasteiger partial charge is 0.504 e. The lowest BCUT2D eigenvalue weighted by atomic mass is 9.99. The van der Waals surface area contributed by atoms with Crippen molar-refractivity contribution < 1.29 is 19.7 Å². The summed E-state index contributed by atoms with van der Waals surface area (Å²) in [6, 6.07) is 15.9. The molecule has 0 spiro atoms. The molecule has 0 unspecified atom stereocenters. The third-order valence-electron chi connectivity index (χ3n) is 6.39. The molecule has 0 amide bonds. The minimum Gasteiger partial charge on any atom is -0.504 e. The van der Waals surface area contributed by atoms with Gasteiger partial charge in [0.1, 0.15) is 11.5 Å². The summed E-state index contributed by atoms with van der Waals surface area (Å²) in [7, 11) is 0. The van der Waals surface area contributed by atoms with Gasteiger partial charge in [-0.2, -0.15) is 0 Å². The van der Waals surface area contributed by atoms with E-state index in [1.54, 1.807) is 24.3 Å². The first-order valence-electron chi connectivity index (χ1n) is 13.6. The molecule has 3 aromatic rings. The van der Waals surface area contributed by atoms with Gasteiger partial charge in [0.15, 0.2) is 11.5 Å². The van der Waals surface area contributed by atoms with E-state index in [1.165, 1.54) is 24.3 Å². The molecule has 6 nitrogen and oxygen atoms in total. The van der Waals surface area contributed by atoms with Crippen LogP contribution in [-0.4, -0.2) is 23.4 Å². The highest BCUT2D eigenvalue weighted by Crippen LogP contribution is 2.41. The van der Waals surface area contributed by atoms with Crippen LogP contribution >= 0.6 is 0 Å². The summed E-state index contributed by atoms with van der Waals surface area (Å²) in [6.45, 7) is 5.36. The average molecular weight is 519 g/mol. The van der Waals surface area contributed by atoms with Gasteiger partial charge in [0, 0.05) is 11.1 Å². The third-order valence-corrected chi connectivity index (χ3v) is 6.39. The minimum absolute atomic E-state index is 0.327. The van der Waals surface area contributed by atoms with Crippen LogP contribution in [0.4, 0.5) is 0 Å². The maximum atomic E-state index is 12.0. The normalized spacial score (nSPS) is 10.8. The molecule has 0 aliphatic carbocycles. The number of hydrogen-bond donors (Lipinski definition) is 2. The van der Waals surface area contributed by atoms with E-state index in [9.17, 15) is 19.8 Å². The lowest BCUT2D eigenvalue weighted by Crippen LogP contribution is -2.03. The molecule has 0 atom stereocenters. The number of ether oxygens (including phenoxy) is 2. The van der Waals surface area contributed by atoms with Crippen molar-refractivity contribution in [1.82, 2.24) is 0 Å². The van der Waals surface area contributed by atoms with Crippen LogP contribution in [0.25, 0.3) is 22.3 Å². The molecular weight excluding hydrogens is 480 g/mol. The Morgan fingerprint density at radius 2 is 0.947 bits per heavy atom. The number of hydrogen-bond acceptors (Lipinski definition) is 6. The van der Waals surface area contributed by atoms with Crippen molar-refractivity contribution in [1.29, 1.82) is 0 Å². The van der Waals surface area contributed by atoms with E-state index < -0.39 is 10.9 Å². The Bertz CT molecular complexity index is 1220. The Balaban J connectivity index is 2.12. The van der Waals surface area contributed by atoms with Crippen molar-refractivity contribution in [2.24, 2.45) is 0 Å². The van der Waals surface area contributed by atoms with Crippen LogP contribution < -0.4 is 20.3 Å². The van der Waals surface area contributed by atoms with Crippen molar-refractivity contribution in [3.05, 3.63) is 81.1 Å². The van der Waals surface area contributed by atoms with Crippen LogP contribution in [0.1, 0.15) is 65.2 Å². The predicted molar refractivity (Wildman–Crippen MR) is 152 cm³/mol. The Labute approximate surface area is 224 Å². The zero-order valence-corrected chi connectivity index (χ0v) is 22.4. The molecule has 0 aromatic heterocycles. The molecule has 0 heterocycles. The van der Waals surface area contributed by atoms with Gasteiger partial charge in [-0.15, -0.1) is 0 Å². The Hall–Kier alpha value is -3.80. The van der Waals surface area contributed by atoms with Crippen LogP contribution in [0, 0.1) is 0 Å². The van der Waals surface area contributed by atoms with Crippen molar-refractivity contribution in [2.75, 3.05) is 13.2 Å². The quantitative estimate of drug-likeness (QED) is 0.222. The summed E-state index contributed by atoms with van der Waals surface area (Å²) in [6.07, 6.45) is 8.44. The number of benzene rings is 1. The fraction of sp³-hybridized carbons (Fsp3) is 0.375. The summed E-state index contributed by atoms with van der Waals surface area (Å²) in [5, 5.41) is 19.9. The van der Waals surface area contributed by atoms with Crippen LogP contribution in [0.15, 0.2) is 70.3 Å². The zero-order chi connectivity index (χ0) is 27.3. The van der Waals surface area contributed by atoms with Crippen molar-refractivity contribution in [2.45, 2.75) is 65.2 Å². The highest BCUT2D eigenvalue weighted by atomic mass is 16.5. The monoisotopic (exact) mass is 518 g/mol. The summed E-state index contributed by atoms with van der Waals surface area (Å²) in [5.41, 5.74) is 1.93. The molecule has 202 valence electrons. The molecular formula is C32H38O6. The smallest absolute Gasteiger partial charge is 0.220 e. The molecule has 0 aliphatic heterocycles. The molecule has 0 saturated carbocycles.